The molecule has 2 rings (SSSR count). The summed E-state index contributed by atoms with van der Waals surface area (Å²) in [6.07, 6.45) is 4.46. The molecule has 0 spiro atoms. The van der Waals surface area contributed by atoms with Crippen molar-refractivity contribution in [3.8, 4) is 0 Å². The molecule has 2 aromatic heterocycles. The second-order valence-corrected chi connectivity index (χ2v) is 3.46. The Morgan fingerprint density at radius 3 is 3.06 bits per heavy atom. The van der Waals surface area contributed by atoms with E-state index < -0.39 is 0 Å². The third-order valence-electron chi connectivity index (χ3n) is 2.27. The fraction of sp³-hybridized carbons (Fsp3) is 0.500. The lowest BCUT2D eigenvalue weighted by Gasteiger charge is -2.03. The lowest BCUT2D eigenvalue weighted by atomic mass is 10.5. The average molecular weight is 221 g/mol. The molecule has 0 aliphatic rings. The highest BCUT2D eigenvalue weighted by atomic mass is 16.5. The second kappa shape index (κ2) is 4.89. The van der Waals surface area contributed by atoms with Crippen LogP contribution in [0.1, 0.15) is 24.5 Å². The van der Waals surface area contributed by atoms with Crippen LogP contribution in [0.4, 0.5) is 0 Å². The maximum Gasteiger partial charge on any atom is 0.246 e. The molecule has 0 radical (unpaired) electrons. The molecule has 6 nitrogen and oxygen atoms in total. The predicted molar refractivity (Wildman–Crippen MR) is 57.8 cm³/mol. The number of rotatable bonds is 5. The number of aromatic nitrogens is 4. The lowest BCUT2D eigenvalue weighted by molar-refractivity contribution is 0.364. The third-order valence-corrected chi connectivity index (χ3v) is 2.27. The van der Waals surface area contributed by atoms with Gasteiger partial charge in [-0.15, -0.1) is 0 Å². The van der Waals surface area contributed by atoms with Crippen molar-refractivity contribution in [2.75, 3.05) is 7.05 Å². The van der Waals surface area contributed by atoms with Gasteiger partial charge in [0.2, 0.25) is 5.89 Å². The van der Waals surface area contributed by atoms with Crippen molar-refractivity contribution in [2.24, 2.45) is 0 Å². The first kappa shape index (κ1) is 10.8. The topological polar surface area (TPSA) is 68.8 Å². The van der Waals surface area contributed by atoms with E-state index in [0.29, 0.717) is 12.4 Å². The quantitative estimate of drug-likeness (QED) is 0.800. The van der Waals surface area contributed by atoms with E-state index in [1.165, 1.54) is 0 Å². The monoisotopic (exact) mass is 221 g/mol. The van der Waals surface area contributed by atoms with E-state index in [0.717, 1.165) is 24.6 Å². The zero-order valence-electron chi connectivity index (χ0n) is 9.47. The molecule has 0 unspecified atom stereocenters. The SMILES string of the molecule is CCc1noc(Cn2ccnc2CNC)n1. The number of nitrogens with one attached hydrogen (secondary N) is 1. The Hall–Kier alpha value is -1.69. The van der Waals surface area contributed by atoms with Crippen molar-refractivity contribution in [3.05, 3.63) is 29.9 Å². The molecule has 1 N–H and O–H groups in total. The van der Waals surface area contributed by atoms with Crippen molar-refractivity contribution in [1.29, 1.82) is 0 Å². The van der Waals surface area contributed by atoms with E-state index >= 15 is 0 Å². The molecule has 0 aliphatic carbocycles. The van der Waals surface area contributed by atoms with Crippen molar-refractivity contribution in [1.82, 2.24) is 25.0 Å². The molecule has 16 heavy (non-hydrogen) atoms. The Morgan fingerprint density at radius 1 is 1.50 bits per heavy atom. The highest BCUT2D eigenvalue weighted by Crippen LogP contribution is 2.04. The van der Waals surface area contributed by atoms with Gasteiger partial charge in [0.25, 0.3) is 0 Å². The normalized spacial score (nSPS) is 10.9. The molecular formula is C10H15N5O. The second-order valence-electron chi connectivity index (χ2n) is 3.46. The number of hydrogen-bond donors (Lipinski definition) is 1. The van der Waals surface area contributed by atoms with Crippen LogP contribution in [-0.4, -0.2) is 26.7 Å². The molecule has 0 saturated heterocycles. The first-order valence-electron chi connectivity index (χ1n) is 5.29. The van der Waals surface area contributed by atoms with Crippen LogP contribution < -0.4 is 5.32 Å². The number of hydrogen-bond acceptors (Lipinski definition) is 5. The van der Waals surface area contributed by atoms with Gasteiger partial charge < -0.3 is 14.4 Å². The molecule has 0 aromatic carbocycles. The summed E-state index contributed by atoms with van der Waals surface area (Å²) in [7, 11) is 1.89. The lowest BCUT2D eigenvalue weighted by Crippen LogP contribution is -2.12. The fourth-order valence-electron chi connectivity index (χ4n) is 1.45. The van der Waals surface area contributed by atoms with Gasteiger partial charge in [-0.25, -0.2) is 4.98 Å². The van der Waals surface area contributed by atoms with E-state index in [9.17, 15) is 0 Å². The van der Waals surface area contributed by atoms with Crippen molar-refractivity contribution >= 4 is 0 Å². The summed E-state index contributed by atoms with van der Waals surface area (Å²) >= 11 is 0. The van der Waals surface area contributed by atoms with Crippen LogP contribution >= 0.6 is 0 Å². The molecule has 2 aromatic rings. The van der Waals surface area contributed by atoms with E-state index in [-0.39, 0.29) is 0 Å². The largest absolute Gasteiger partial charge is 0.337 e. The minimum atomic E-state index is 0.573. The van der Waals surface area contributed by atoms with Crippen LogP contribution in [0.3, 0.4) is 0 Å². The number of imidazole rings is 1. The van der Waals surface area contributed by atoms with Gasteiger partial charge in [0, 0.05) is 18.8 Å². The summed E-state index contributed by atoms with van der Waals surface area (Å²) in [6, 6.07) is 0. The van der Waals surface area contributed by atoms with Gasteiger partial charge in [0.1, 0.15) is 12.4 Å². The van der Waals surface area contributed by atoms with Gasteiger partial charge >= 0.3 is 0 Å². The Labute approximate surface area is 93.7 Å². The van der Waals surface area contributed by atoms with Crippen LogP contribution in [0.5, 0.6) is 0 Å². The minimum absolute atomic E-state index is 0.573. The van der Waals surface area contributed by atoms with Gasteiger partial charge in [0.05, 0.1) is 6.54 Å². The summed E-state index contributed by atoms with van der Waals surface area (Å²) in [5, 5.41) is 6.92. The Balaban J connectivity index is 2.10. The molecule has 0 aliphatic heterocycles. The van der Waals surface area contributed by atoms with Crippen LogP contribution in [0, 0.1) is 0 Å². The summed E-state index contributed by atoms with van der Waals surface area (Å²) < 4.78 is 7.12. The van der Waals surface area contributed by atoms with Gasteiger partial charge in [-0.05, 0) is 7.05 Å². The van der Waals surface area contributed by atoms with Crippen molar-refractivity contribution < 1.29 is 4.52 Å². The Bertz CT molecular complexity index is 448. The fourth-order valence-corrected chi connectivity index (χ4v) is 1.45. The Morgan fingerprint density at radius 2 is 2.38 bits per heavy atom. The van der Waals surface area contributed by atoms with Crippen LogP contribution in [0.15, 0.2) is 16.9 Å². The first-order valence-corrected chi connectivity index (χ1v) is 5.29. The zero-order chi connectivity index (χ0) is 11.4. The molecule has 86 valence electrons. The molecule has 0 fully saturated rings. The maximum atomic E-state index is 5.13. The molecule has 0 amide bonds. The van der Waals surface area contributed by atoms with E-state index in [2.05, 4.69) is 20.4 Å². The summed E-state index contributed by atoms with van der Waals surface area (Å²) in [5.74, 6) is 2.32. The van der Waals surface area contributed by atoms with E-state index in [1.54, 1.807) is 6.20 Å². The van der Waals surface area contributed by atoms with Gasteiger partial charge in [-0.2, -0.15) is 4.98 Å². The molecule has 0 bridgehead atoms. The Kier molecular flexibility index (Phi) is 3.31. The third kappa shape index (κ3) is 2.27. The molecule has 6 heteroatoms. The molecule has 0 atom stereocenters. The van der Waals surface area contributed by atoms with Crippen LogP contribution in [-0.2, 0) is 19.5 Å². The smallest absolute Gasteiger partial charge is 0.246 e. The van der Waals surface area contributed by atoms with Gasteiger partial charge in [-0.1, -0.05) is 12.1 Å². The summed E-state index contributed by atoms with van der Waals surface area (Å²) in [4.78, 5) is 8.50. The zero-order valence-corrected chi connectivity index (χ0v) is 9.47. The number of nitrogens with zero attached hydrogens (tertiary/aromatic N) is 4. The van der Waals surface area contributed by atoms with Gasteiger partial charge in [-0.3, -0.25) is 0 Å². The average Bonchev–Trinajstić information content (AvgIpc) is 2.90. The predicted octanol–water partition coefficient (Wildman–Crippen LogP) is 0.596. The molecule has 2 heterocycles. The van der Waals surface area contributed by atoms with Crippen molar-refractivity contribution in [2.45, 2.75) is 26.4 Å². The van der Waals surface area contributed by atoms with E-state index in [1.807, 2.05) is 24.7 Å². The summed E-state index contributed by atoms with van der Waals surface area (Å²) in [5.41, 5.74) is 0. The standard InChI is InChI=1S/C10H15N5O/c1-3-8-13-10(16-14-8)7-15-5-4-12-9(15)6-11-2/h4-5,11H,3,6-7H2,1-2H3. The maximum absolute atomic E-state index is 5.13. The highest BCUT2D eigenvalue weighted by Gasteiger charge is 2.08. The minimum Gasteiger partial charge on any atom is -0.337 e. The van der Waals surface area contributed by atoms with Gasteiger partial charge in [0.15, 0.2) is 5.82 Å². The summed E-state index contributed by atoms with van der Waals surface area (Å²) in [6.45, 7) is 3.30. The van der Waals surface area contributed by atoms with Crippen molar-refractivity contribution in [3.63, 3.8) is 0 Å². The highest BCUT2D eigenvalue weighted by molar-refractivity contribution is 4.96. The van der Waals surface area contributed by atoms with E-state index in [4.69, 9.17) is 4.52 Å². The molecule has 0 saturated carbocycles. The first-order chi connectivity index (χ1) is 7.83. The number of aryl methyl sites for hydroxylation is 1. The van der Waals surface area contributed by atoms with Crippen LogP contribution in [0.2, 0.25) is 0 Å². The van der Waals surface area contributed by atoms with Crippen LogP contribution in [0.25, 0.3) is 0 Å². The molecular weight excluding hydrogens is 206 g/mol.